The van der Waals surface area contributed by atoms with Crippen molar-refractivity contribution in [3.8, 4) is 17.2 Å². The van der Waals surface area contributed by atoms with E-state index in [9.17, 15) is 9.59 Å². The molecule has 44 heavy (non-hydrogen) atoms. The van der Waals surface area contributed by atoms with Gasteiger partial charge < -0.3 is 24.3 Å². The second-order valence-electron chi connectivity index (χ2n) is 10.8. The van der Waals surface area contributed by atoms with Crippen LogP contribution < -0.4 is 19.5 Å². The average molecular weight is 614 g/mol. The Kier molecular flexibility index (Phi) is 10.3. The third-order valence-electron chi connectivity index (χ3n) is 8.06. The van der Waals surface area contributed by atoms with E-state index in [1.807, 2.05) is 79.7 Å². The molecule has 2 aliphatic rings. The van der Waals surface area contributed by atoms with E-state index >= 15 is 0 Å². The second kappa shape index (κ2) is 14.5. The van der Waals surface area contributed by atoms with E-state index in [0.29, 0.717) is 65.9 Å². The quantitative estimate of drug-likeness (QED) is 0.174. The number of methoxy groups -OCH3 is 2. The maximum absolute atomic E-state index is 14.2. The summed E-state index contributed by atoms with van der Waals surface area (Å²) in [6, 6.07) is 23.4. The summed E-state index contributed by atoms with van der Waals surface area (Å²) in [5.41, 5.74) is 5.33. The van der Waals surface area contributed by atoms with Gasteiger partial charge in [-0.1, -0.05) is 61.5 Å². The fraction of sp³-hybridized carbons (Fsp3) is 0.333. The number of esters is 1. The number of Topliss-reactive ketones (excluding diaryl/α,β-unsaturated/α-hetero) is 1. The van der Waals surface area contributed by atoms with E-state index in [-0.39, 0.29) is 11.7 Å². The van der Waals surface area contributed by atoms with Crippen LogP contribution in [0.5, 0.6) is 17.2 Å². The first-order valence-corrected chi connectivity index (χ1v) is 16.1. The van der Waals surface area contributed by atoms with Crippen LogP contribution >= 0.6 is 11.8 Å². The topological polar surface area (TPSA) is 83.1 Å². The Labute approximate surface area is 263 Å². The summed E-state index contributed by atoms with van der Waals surface area (Å²) in [5.74, 6) is 2.43. The number of thioether (sulfide) groups is 1. The number of ketones is 1. The standard InChI is InChI=1S/C36H39NO6S/c1-5-44-18-17-42-36(39)33-23(2)37-28-19-26(25-15-16-31(40-3)32(21-25)41-4)20-29(38)35(28)34(33)27-13-9-10-14-30(27)43-22-24-11-7-6-8-12-24/h6-16,21,26,34,37H,5,17-20,22H2,1-4H3. The van der Waals surface area contributed by atoms with Gasteiger partial charge in [0.05, 0.1) is 25.7 Å². The second-order valence-corrected chi connectivity index (χ2v) is 12.2. The van der Waals surface area contributed by atoms with Crippen molar-refractivity contribution >= 4 is 23.5 Å². The first-order chi connectivity index (χ1) is 21.4. The number of para-hydroxylation sites is 1. The molecule has 8 heteroatoms. The molecule has 230 valence electrons. The molecule has 3 aromatic rings. The van der Waals surface area contributed by atoms with Gasteiger partial charge in [0.2, 0.25) is 0 Å². The van der Waals surface area contributed by atoms with Crippen molar-refractivity contribution < 1.29 is 28.5 Å². The van der Waals surface area contributed by atoms with Gasteiger partial charge in [-0.05, 0) is 54.3 Å². The van der Waals surface area contributed by atoms with Crippen LogP contribution in [0.1, 0.15) is 55.2 Å². The SMILES string of the molecule is CCSCCOC(=O)C1=C(C)NC2=C(C(=O)CC(c3ccc(OC)c(OC)c3)C2)C1c1ccccc1OCc1ccccc1. The lowest BCUT2D eigenvalue weighted by molar-refractivity contribution is -0.138. The van der Waals surface area contributed by atoms with Gasteiger partial charge in [0.1, 0.15) is 19.0 Å². The molecule has 0 saturated carbocycles. The molecule has 1 aliphatic carbocycles. The highest BCUT2D eigenvalue weighted by Gasteiger charge is 2.42. The molecular weight excluding hydrogens is 574 g/mol. The fourth-order valence-corrected chi connectivity index (χ4v) is 6.45. The molecule has 7 nitrogen and oxygen atoms in total. The number of nitrogens with one attached hydrogen (secondary N) is 1. The van der Waals surface area contributed by atoms with E-state index in [0.717, 1.165) is 28.1 Å². The predicted molar refractivity (Wildman–Crippen MR) is 173 cm³/mol. The van der Waals surface area contributed by atoms with Crippen LogP contribution in [0.3, 0.4) is 0 Å². The summed E-state index contributed by atoms with van der Waals surface area (Å²) in [5, 5.41) is 3.44. The zero-order chi connectivity index (χ0) is 31.1. The van der Waals surface area contributed by atoms with Crippen molar-refractivity contribution in [3.05, 3.63) is 112 Å². The van der Waals surface area contributed by atoms with Crippen LogP contribution in [0, 0.1) is 0 Å². The number of allylic oxidation sites excluding steroid dienone is 3. The number of dihydropyridines is 1. The molecule has 3 aromatic carbocycles. The largest absolute Gasteiger partial charge is 0.493 e. The van der Waals surface area contributed by atoms with Crippen molar-refractivity contribution in [3.63, 3.8) is 0 Å². The molecule has 5 rings (SSSR count). The molecule has 1 N–H and O–H groups in total. The van der Waals surface area contributed by atoms with E-state index < -0.39 is 11.9 Å². The maximum Gasteiger partial charge on any atom is 0.336 e. The number of benzene rings is 3. The van der Waals surface area contributed by atoms with Crippen molar-refractivity contribution in [2.24, 2.45) is 0 Å². The third kappa shape index (κ3) is 6.81. The number of carbonyl (C=O) groups excluding carboxylic acids is 2. The lowest BCUT2D eigenvalue weighted by atomic mass is 9.71. The molecular formula is C36H39NO6S. The summed E-state index contributed by atoms with van der Waals surface area (Å²) in [6.45, 7) is 4.62. The number of hydrogen-bond donors (Lipinski definition) is 1. The van der Waals surface area contributed by atoms with Gasteiger partial charge in [0.25, 0.3) is 0 Å². The molecule has 0 aromatic heterocycles. The number of carbonyl (C=O) groups is 2. The third-order valence-corrected chi connectivity index (χ3v) is 8.92. The van der Waals surface area contributed by atoms with Crippen LogP contribution in [0.15, 0.2) is 95.3 Å². The van der Waals surface area contributed by atoms with Crippen LogP contribution in [-0.4, -0.2) is 44.1 Å². The molecule has 0 fully saturated rings. The van der Waals surface area contributed by atoms with Crippen LogP contribution in [0.4, 0.5) is 0 Å². The highest BCUT2D eigenvalue weighted by atomic mass is 32.2. The van der Waals surface area contributed by atoms with Crippen molar-refractivity contribution in [1.82, 2.24) is 5.32 Å². The summed E-state index contributed by atoms with van der Waals surface area (Å²) in [4.78, 5) is 27.9. The summed E-state index contributed by atoms with van der Waals surface area (Å²) in [7, 11) is 3.21. The lowest BCUT2D eigenvalue weighted by Crippen LogP contribution is -2.36. The van der Waals surface area contributed by atoms with E-state index in [1.165, 1.54) is 0 Å². The summed E-state index contributed by atoms with van der Waals surface area (Å²) < 4.78 is 23.1. The van der Waals surface area contributed by atoms with Crippen LogP contribution in [0.25, 0.3) is 0 Å². The first-order valence-electron chi connectivity index (χ1n) is 14.9. The molecule has 0 amide bonds. The molecule has 0 saturated heterocycles. The number of ether oxygens (including phenoxy) is 4. The van der Waals surface area contributed by atoms with Gasteiger partial charge in [0, 0.05) is 34.7 Å². The normalized spacial score (nSPS) is 18.0. The van der Waals surface area contributed by atoms with Crippen LogP contribution in [0.2, 0.25) is 0 Å². The molecule has 0 radical (unpaired) electrons. The van der Waals surface area contributed by atoms with E-state index in [1.54, 1.807) is 26.0 Å². The fourth-order valence-electron chi connectivity index (χ4n) is 5.96. The summed E-state index contributed by atoms with van der Waals surface area (Å²) >= 11 is 1.71. The number of hydrogen-bond acceptors (Lipinski definition) is 8. The Morgan fingerprint density at radius 2 is 1.68 bits per heavy atom. The highest BCUT2D eigenvalue weighted by molar-refractivity contribution is 7.99. The molecule has 2 unspecified atom stereocenters. The van der Waals surface area contributed by atoms with Crippen molar-refractivity contribution in [2.45, 2.75) is 45.1 Å². The highest BCUT2D eigenvalue weighted by Crippen LogP contribution is 2.48. The number of rotatable bonds is 12. The monoisotopic (exact) mass is 613 g/mol. The Hall–Kier alpha value is -4.17. The van der Waals surface area contributed by atoms with Crippen LogP contribution in [-0.2, 0) is 20.9 Å². The van der Waals surface area contributed by atoms with Gasteiger partial charge >= 0.3 is 5.97 Å². The Morgan fingerprint density at radius 3 is 2.43 bits per heavy atom. The van der Waals surface area contributed by atoms with E-state index in [4.69, 9.17) is 18.9 Å². The average Bonchev–Trinajstić information content (AvgIpc) is 3.05. The predicted octanol–water partition coefficient (Wildman–Crippen LogP) is 6.94. The Balaban J connectivity index is 1.53. The smallest absolute Gasteiger partial charge is 0.336 e. The minimum Gasteiger partial charge on any atom is -0.493 e. The molecule has 1 aliphatic heterocycles. The summed E-state index contributed by atoms with van der Waals surface area (Å²) in [6.07, 6.45) is 0.904. The minimum atomic E-state index is -0.622. The van der Waals surface area contributed by atoms with Crippen molar-refractivity contribution in [2.75, 3.05) is 32.3 Å². The van der Waals surface area contributed by atoms with Gasteiger partial charge in [-0.25, -0.2) is 4.79 Å². The Bertz CT molecular complexity index is 1560. The first kappa shape index (κ1) is 31.3. The molecule has 0 spiro atoms. The van der Waals surface area contributed by atoms with Crippen molar-refractivity contribution in [1.29, 1.82) is 0 Å². The minimum absolute atomic E-state index is 0.0132. The lowest BCUT2D eigenvalue weighted by Gasteiger charge is -2.37. The molecule has 0 bridgehead atoms. The van der Waals surface area contributed by atoms with Gasteiger partial charge in [-0.3, -0.25) is 4.79 Å². The van der Waals surface area contributed by atoms with Gasteiger partial charge in [-0.2, -0.15) is 11.8 Å². The maximum atomic E-state index is 14.2. The van der Waals surface area contributed by atoms with E-state index in [2.05, 4.69) is 12.2 Å². The molecule has 2 atom stereocenters. The zero-order valence-corrected chi connectivity index (χ0v) is 26.5. The molecule has 1 heterocycles. The Morgan fingerprint density at radius 1 is 0.932 bits per heavy atom. The van der Waals surface area contributed by atoms with Gasteiger partial charge in [-0.15, -0.1) is 0 Å². The zero-order valence-electron chi connectivity index (χ0n) is 25.7. The van der Waals surface area contributed by atoms with Gasteiger partial charge in [0.15, 0.2) is 17.3 Å².